The monoisotopic (exact) mass is 200 g/mol. The van der Waals surface area contributed by atoms with Gasteiger partial charge in [-0.05, 0) is 34.1 Å². The Morgan fingerprint density at radius 3 is 2.36 bits per heavy atom. The third kappa shape index (κ3) is 7.58. The van der Waals surface area contributed by atoms with Crippen LogP contribution in [0, 0.1) is 0 Å². The average molecular weight is 200 g/mol. The van der Waals surface area contributed by atoms with Crippen molar-refractivity contribution in [2.75, 3.05) is 7.11 Å². The molecule has 1 N–H and O–H groups in total. The van der Waals surface area contributed by atoms with Crippen LogP contribution in [0.15, 0.2) is 5.10 Å². The number of carbonyl (C=O) groups excluding carboxylic acids is 1. The molecule has 4 heteroatoms. The predicted molar refractivity (Wildman–Crippen MR) is 57.2 cm³/mol. The first-order chi connectivity index (χ1) is 6.35. The van der Waals surface area contributed by atoms with E-state index in [0.717, 1.165) is 5.71 Å². The molecule has 0 aliphatic heterocycles. The number of hydrogen-bond acceptors (Lipinski definition) is 4. The zero-order valence-electron chi connectivity index (χ0n) is 9.68. The topological polar surface area (TPSA) is 50.7 Å². The zero-order chi connectivity index (χ0) is 11.2. The normalized spacial score (nSPS) is 12.5. The molecule has 0 aliphatic rings. The van der Waals surface area contributed by atoms with Gasteiger partial charge in [0.2, 0.25) is 0 Å². The van der Waals surface area contributed by atoms with Crippen LogP contribution >= 0.6 is 0 Å². The second kappa shape index (κ2) is 5.62. The van der Waals surface area contributed by atoms with E-state index in [2.05, 4.69) is 15.3 Å². The van der Waals surface area contributed by atoms with Crippen molar-refractivity contribution in [3.8, 4) is 0 Å². The summed E-state index contributed by atoms with van der Waals surface area (Å²) in [6, 6.07) is 0. The number of hydrogen-bond donors (Lipinski definition) is 1. The summed E-state index contributed by atoms with van der Waals surface area (Å²) in [4.78, 5) is 10.8. The van der Waals surface area contributed by atoms with E-state index < -0.39 is 0 Å². The number of methoxy groups -OCH3 is 1. The van der Waals surface area contributed by atoms with Gasteiger partial charge in [0.1, 0.15) is 0 Å². The SMILES string of the molecule is COC(=O)CCC(C)=NNC(C)(C)C. The second-order valence-electron chi connectivity index (χ2n) is 4.29. The summed E-state index contributed by atoms with van der Waals surface area (Å²) in [5.74, 6) is -0.199. The van der Waals surface area contributed by atoms with Crippen molar-refractivity contribution in [2.45, 2.75) is 46.1 Å². The van der Waals surface area contributed by atoms with Crippen molar-refractivity contribution in [3.63, 3.8) is 0 Å². The smallest absolute Gasteiger partial charge is 0.305 e. The van der Waals surface area contributed by atoms with Gasteiger partial charge in [-0.25, -0.2) is 0 Å². The number of carbonyl (C=O) groups is 1. The molecule has 0 aromatic carbocycles. The molecular weight excluding hydrogens is 180 g/mol. The summed E-state index contributed by atoms with van der Waals surface area (Å²) in [5.41, 5.74) is 3.87. The molecule has 82 valence electrons. The number of esters is 1. The Bertz CT molecular complexity index is 217. The maximum atomic E-state index is 10.8. The number of ether oxygens (including phenoxy) is 1. The molecule has 0 aromatic rings. The summed E-state index contributed by atoms with van der Waals surface area (Å²) in [7, 11) is 1.39. The molecule has 0 heterocycles. The molecule has 0 spiro atoms. The van der Waals surface area contributed by atoms with E-state index in [1.54, 1.807) is 0 Å². The second-order valence-corrected chi connectivity index (χ2v) is 4.29. The van der Waals surface area contributed by atoms with E-state index in [1.165, 1.54) is 7.11 Å². The van der Waals surface area contributed by atoms with E-state index in [4.69, 9.17) is 0 Å². The van der Waals surface area contributed by atoms with Crippen LogP contribution in [0.1, 0.15) is 40.5 Å². The average Bonchev–Trinajstić information content (AvgIpc) is 2.09. The largest absolute Gasteiger partial charge is 0.469 e. The van der Waals surface area contributed by atoms with Gasteiger partial charge in [-0.15, -0.1) is 0 Å². The van der Waals surface area contributed by atoms with Crippen LogP contribution in [-0.4, -0.2) is 24.3 Å². The molecule has 0 saturated carbocycles. The van der Waals surface area contributed by atoms with Crippen LogP contribution in [0.3, 0.4) is 0 Å². The summed E-state index contributed by atoms with van der Waals surface area (Å²) >= 11 is 0. The van der Waals surface area contributed by atoms with E-state index in [9.17, 15) is 4.79 Å². The van der Waals surface area contributed by atoms with E-state index in [1.807, 2.05) is 27.7 Å². The van der Waals surface area contributed by atoms with Crippen molar-refractivity contribution in [2.24, 2.45) is 5.10 Å². The molecule has 0 aromatic heterocycles. The summed E-state index contributed by atoms with van der Waals surface area (Å²) in [6.45, 7) is 7.99. The summed E-state index contributed by atoms with van der Waals surface area (Å²) in [6.07, 6.45) is 1.02. The first kappa shape index (κ1) is 12.9. The van der Waals surface area contributed by atoms with Crippen molar-refractivity contribution in [1.82, 2.24) is 5.43 Å². The highest BCUT2D eigenvalue weighted by atomic mass is 16.5. The van der Waals surface area contributed by atoms with Gasteiger partial charge in [0.15, 0.2) is 0 Å². The van der Waals surface area contributed by atoms with Gasteiger partial charge in [-0.2, -0.15) is 5.10 Å². The van der Waals surface area contributed by atoms with E-state index in [0.29, 0.717) is 12.8 Å². The van der Waals surface area contributed by atoms with Gasteiger partial charge in [0.25, 0.3) is 0 Å². The molecule has 4 nitrogen and oxygen atoms in total. The number of rotatable bonds is 4. The fraction of sp³-hybridized carbons (Fsp3) is 0.800. The molecular formula is C10H20N2O2. The van der Waals surface area contributed by atoms with Crippen LogP contribution in [0.4, 0.5) is 0 Å². The quantitative estimate of drug-likeness (QED) is 0.427. The standard InChI is InChI=1S/C10H20N2O2/c1-8(6-7-9(13)14-5)11-12-10(2,3)4/h12H,6-7H2,1-5H3. The lowest BCUT2D eigenvalue weighted by Gasteiger charge is -2.18. The number of nitrogens with zero attached hydrogens (tertiary/aromatic N) is 1. The minimum Gasteiger partial charge on any atom is -0.469 e. The molecule has 14 heavy (non-hydrogen) atoms. The Hall–Kier alpha value is -1.06. The molecule has 0 bridgehead atoms. The minimum atomic E-state index is -0.199. The Kier molecular flexibility index (Phi) is 5.20. The Labute approximate surface area is 85.7 Å². The third-order valence-electron chi connectivity index (χ3n) is 1.50. The van der Waals surface area contributed by atoms with Crippen molar-refractivity contribution >= 4 is 11.7 Å². The highest BCUT2D eigenvalue weighted by Crippen LogP contribution is 2.00. The van der Waals surface area contributed by atoms with Crippen LogP contribution in [-0.2, 0) is 9.53 Å². The van der Waals surface area contributed by atoms with E-state index >= 15 is 0 Å². The fourth-order valence-corrected chi connectivity index (χ4v) is 0.704. The Balaban J connectivity index is 3.84. The van der Waals surface area contributed by atoms with Crippen LogP contribution < -0.4 is 5.43 Å². The van der Waals surface area contributed by atoms with Gasteiger partial charge in [0.05, 0.1) is 13.5 Å². The van der Waals surface area contributed by atoms with Crippen LogP contribution in [0.5, 0.6) is 0 Å². The van der Waals surface area contributed by atoms with E-state index in [-0.39, 0.29) is 11.5 Å². The van der Waals surface area contributed by atoms with Gasteiger partial charge < -0.3 is 10.2 Å². The maximum Gasteiger partial charge on any atom is 0.305 e. The molecule has 0 amide bonds. The first-order valence-corrected chi connectivity index (χ1v) is 4.72. The lowest BCUT2D eigenvalue weighted by molar-refractivity contribution is -0.140. The molecule has 0 unspecified atom stereocenters. The molecule has 0 fully saturated rings. The Morgan fingerprint density at radius 2 is 1.93 bits per heavy atom. The molecule has 0 radical (unpaired) electrons. The third-order valence-corrected chi connectivity index (χ3v) is 1.50. The highest BCUT2D eigenvalue weighted by Gasteiger charge is 2.07. The fourth-order valence-electron chi connectivity index (χ4n) is 0.704. The molecule has 0 rings (SSSR count). The first-order valence-electron chi connectivity index (χ1n) is 4.72. The Morgan fingerprint density at radius 1 is 1.36 bits per heavy atom. The number of nitrogens with one attached hydrogen (secondary N) is 1. The maximum absolute atomic E-state index is 10.8. The predicted octanol–water partition coefficient (Wildman–Crippen LogP) is 1.70. The molecule has 0 aliphatic carbocycles. The van der Waals surface area contributed by atoms with Crippen molar-refractivity contribution in [1.29, 1.82) is 0 Å². The lowest BCUT2D eigenvalue weighted by Crippen LogP contribution is -2.32. The highest BCUT2D eigenvalue weighted by molar-refractivity contribution is 5.85. The molecule has 0 atom stereocenters. The van der Waals surface area contributed by atoms with Crippen molar-refractivity contribution < 1.29 is 9.53 Å². The van der Waals surface area contributed by atoms with Gasteiger partial charge in [-0.3, -0.25) is 4.79 Å². The van der Waals surface area contributed by atoms with Gasteiger partial charge in [-0.1, -0.05) is 0 Å². The lowest BCUT2D eigenvalue weighted by atomic mass is 10.1. The minimum absolute atomic E-state index is 0.0352. The van der Waals surface area contributed by atoms with Gasteiger partial charge in [0, 0.05) is 11.3 Å². The van der Waals surface area contributed by atoms with Crippen LogP contribution in [0.2, 0.25) is 0 Å². The van der Waals surface area contributed by atoms with Crippen LogP contribution in [0.25, 0.3) is 0 Å². The zero-order valence-corrected chi connectivity index (χ0v) is 9.68. The number of hydrazone groups is 1. The van der Waals surface area contributed by atoms with Crippen molar-refractivity contribution in [3.05, 3.63) is 0 Å². The summed E-state index contributed by atoms with van der Waals surface area (Å²) in [5, 5.41) is 4.16. The van der Waals surface area contributed by atoms with Gasteiger partial charge >= 0.3 is 5.97 Å². The molecule has 0 saturated heterocycles. The summed E-state index contributed by atoms with van der Waals surface area (Å²) < 4.78 is 4.53.